The molecule has 1 unspecified atom stereocenters. The van der Waals surface area contributed by atoms with Gasteiger partial charge in [-0.25, -0.2) is 0 Å². The number of hydrogen-bond acceptors (Lipinski definition) is 2. The van der Waals surface area contributed by atoms with Crippen molar-refractivity contribution < 1.29 is 0 Å². The third-order valence-electron chi connectivity index (χ3n) is 5.14. The van der Waals surface area contributed by atoms with Crippen LogP contribution in [-0.4, -0.2) is 37.1 Å². The van der Waals surface area contributed by atoms with Crippen molar-refractivity contribution in [1.82, 2.24) is 10.2 Å². The largest absolute Gasteiger partial charge is 0.312 e. The van der Waals surface area contributed by atoms with Gasteiger partial charge in [0.1, 0.15) is 0 Å². The van der Waals surface area contributed by atoms with Crippen LogP contribution >= 0.6 is 0 Å². The van der Waals surface area contributed by atoms with E-state index in [1.54, 1.807) is 0 Å². The monoisotopic (exact) mass is 290 g/mol. The van der Waals surface area contributed by atoms with Crippen LogP contribution in [0.3, 0.4) is 0 Å². The zero-order valence-electron chi connectivity index (χ0n) is 15.1. The van der Waals surface area contributed by atoms with Crippen LogP contribution in [0.15, 0.2) is 18.2 Å². The van der Waals surface area contributed by atoms with Gasteiger partial charge in [0.2, 0.25) is 0 Å². The Balaban J connectivity index is 3.13. The Hall–Kier alpha value is -0.860. The number of nitrogens with one attached hydrogen (secondary N) is 1. The van der Waals surface area contributed by atoms with Crippen molar-refractivity contribution in [3.8, 4) is 0 Å². The molecule has 2 nitrogen and oxygen atoms in total. The van der Waals surface area contributed by atoms with Crippen molar-refractivity contribution in [2.24, 2.45) is 0 Å². The van der Waals surface area contributed by atoms with Gasteiger partial charge in [-0.2, -0.15) is 0 Å². The average Bonchev–Trinajstić information content (AvgIpc) is 2.44. The maximum absolute atomic E-state index is 3.76. The van der Waals surface area contributed by atoms with Crippen LogP contribution in [0.5, 0.6) is 0 Å². The van der Waals surface area contributed by atoms with Gasteiger partial charge in [0, 0.05) is 11.6 Å². The average molecular weight is 290 g/mol. The number of aryl methyl sites for hydroxylation is 2. The highest BCUT2D eigenvalue weighted by Crippen LogP contribution is 2.29. The van der Waals surface area contributed by atoms with Gasteiger partial charge in [0.05, 0.1) is 0 Å². The van der Waals surface area contributed by atoms with Gasteiger partial charge >= 0.3 is 0 Å². The second kappa shape index (κ2) is 7.95. The summed E-state index contributed by atoms with van der Waals surface area (Å²) >= 11 is 0. The van der Waals surface area contributed by atoms with Gasteiger partial charge in [0.25, 0.3) is 0 Å². The highest BCUT2D eigenvalue weighted by molar-refractivity contribution is 5.31. The maximum atomic E-state index is 3.76. The fourth-order valence-corrected chi connectivity index (χ4v) is 3.63. The van der Waals surface area contributed by atoms with E-state index < -0.39 is 0 Å². The van der Waals surface area contributed by atoms with E-state index >= 15 is 0 Å². The number of likely N-dealkylation sites (N-methyl/N-ethyl adjacent to an activating group) is 2. The molecule has 1 rings (SSSR count). The molecule has 1 atom stereocenters. The molecule has 0 heterocycles. The van der Waals surface area contributed by atoms with Crippen molar-refractivity contribution >= 4 is 0 Å². The van der Waals surface area contributed by atoms with Crippen molar-refractivity contribution in [1.29, 1.82) is 0 Å². The lowest BCUT2D eigenvalue weighted by Gasteiger charge is -2.46. The van der Waals surface area contributed by atoms with Crippen LogP contribution in [0.1, 0.15) is 50.3 Å². The topological polar surface area (TPSA) is 15.3 Å². The van der Waals surface area contributed by atoms with E-state index in [4.69, 9.17) is 0 Å². The number of rotatable bonds is 8. The summed E-state index contributed by atoms with van der Waals surface area (Å²) in [6.07, 6.45) is 3.43. The first-order valence-electron chi connectivity index (χ1n) is 8.38. The summed E-state index contributed by atoms with van der Waals surface area (Å²) < 4.78 is 0. The molecule has 1 aromatic rings. The van der Waals surface area contributed by atoms with E-state index in [2.05, 4.69) is 77.1 Å². The Labute approximate surface area is 131 Å². The second-order valence-corrected chi connectivity index (χ2v) is 6.45. The molecule has 0 bridgehead atoms. The molecular formula is C19H34N2. The fraction of sp³-hybridized carbons (Fsp3) is 0.684. The lowest BCUT2D eigenvalue weighted by molar-refractivity contribution is 0.0888. The first-order valence-corrected chi connectivity index (χ1v) is 8.38. The maximum Gasteiger partial charge on any atom is 0.0354 e. The van der Waals surface area contributed by atoms with Crippen molar-refractivity contribution in [3.63, 3.8) is 0 Å². The minimum Gasteiger partial charge on any atom is -0.312 e. The number of nitrogens with zero attached hydrogens (tertiary/aromatic N) is 1. The van der Waals surface area contributed by atoms with Gasteiger partial charge in [-0.05, 0) is 64.9 Å². The van der Waals surface area contributed by atoms with Gasteiger partial charge in [-0.1, -0.05) is 44.5 Å². The quantitative estimate of drug-likeness (QED) is 0.780. The fourth-order valence-electron chi connectivity index (χ4n) is 3.63. The van der Waals surface area contributed by atoms with Crippen LogP contribution < -0.4 is 5.32 Å². The molecule has 0 saturated heterocycles. The predicted molar refractivity (Wildman–Crippen MR) is 94.1 cm³/mol. The first-order chi connectivity index (χ1) is 9.91. The van der Waals surface area contributed by atoms with Gasteiger partial charge in [-0.15, -0.1) is 0 Å². The van der Waals surface area contributed by atoms with E-state index in [0.717, 1.165) is 13.0 Å². The van der Waals surface area contributed by atoms with Crippen LogP contribution in [0.2, 0.25) is 0 Å². The van der Waals surface area contributed by atoms with Crippen molar-refractivity contribution in [2.45, 2.75) is 65.5 Å². The van der Waals surface area contributed by atoms with Gasteiger partial charge in [-0.3, -0.25) is 0 Å². The molecule has 1 N–H and O–H groups in total. The third-order valence-corrected chi connectivity index (χ3v) is 5.14. The van der Waals surface area contributed by atoms with E-state index in [-0.39, 0.29) is 5.54 Å². The molecule has 0 amide bonds. The van der Waals surface area contributed by atoms with E-state index in [1.807, 2.05) is 0 Å². The molecule has 0 fully saturated rings. The summed E-state index contributed by atoms with van der Waals surface area (Å²) in [4.78, 5) is 2.42. The molecule has 21 heavy (non-hydrogen) atoms. The molecule has 0 saturated carbocycles. The molecule has 1 aromatic carbocycles. The highest BCUT2D eigenvalue weighted by atomic mass is 15.2. The molecule has 0 aliphatic heterocycles. The molecule has 2 heteroatoms. The molecular weight excluding hydrogens is 256 g/mol. The molecule has 0 aromatic heterocycles. The molecule has 0 radical (unpaired) electrons. The standard InChI is InChI=1S/C19H34N2/c1-8-19(9-2,21(6)7)18(20-10-3)14-17-13-15(4)11-12-16(17)5/h11-13,18,20H,8-10,14H2,1-7H3. The second-order valence-electron chi connectivity index (χ2n) is 6.45. The van der Waals surface area contributed by atoms with Crippen LogP contribution in [0.4, 0.5) is 0 Å². The summed E-state index contributed by atoms with van der Waals surface area (Å²) in [6, 6.07) is 7.29. The zero-order valence-corrected chi connectivity index (χ0v) is 15.1. The molecule has 0 aliphatic rings. The number of benzene rings is 1. The van der Waals surface area contributed by atoms with Gasteiger partial charge < -0.3 is 10.2 Å². The third kappa shape index (κ3) is 4.08. The smallest absolute Gasteiger partial charge is 0.0354 e. The number of hydrogen-bond donors (Lipinski definition) is 1. The molecule has 120 valence electrons. The minimum absolute atomic E-state index is 0.214. The molecule has 0 spiro atoms. The first kappa shape index (κ1) is 18.2. The Morgan fingerprint density at radius 2 is 1.71 bits per heavy atom. The Kier molecular flexibility index (Phi) is 6.89. The van der Waals surface area contributed by atoms with Crippen molar-refractivity contribution in [3.05, 3.63) is 34.9 Å². The van der Waals surface area contributed by atoms with Gasteiger partial charge in [0.15, 0.2) is 0 Å². The van der Waals surface area contributed by atoms with Crippen LogP contribution in [-0.2, 0) is 6.42 Å². The Morgan fingerprint density at radius 1 is 1.10 bits per heavy atom. The van der Waals surface area contributed by atoms with Crippen LogP contribution in [0.25, 0.3) is 0 Å². The summed E-state index contributed by atoms with van der Waals surface area (Å²) in [6.45, 7) is 12.3. The Morgan fingerprint density at radius 3 is 2.19 bits per heavy atom. The normalized spacial score (nSPS) is 13.7. The molecule has 0 aliphatic carbocycles. The summed E-state index contributed by atoms with van der Waals surface area (Å²) in [5.74, 6) is 0. The zero-order chi connectivity index (χ0) is 16.0. The predicted octanol–water partition coefficient (Wildman–Crippen LogP) is 3.94. The lowest BCUT2D eigenvalue weighted by atomic mass is 9.79. The summed E-state index contributed by atoms with van der Waals surface area (Å²) in [5.41, 5.74) is 4.46. The minimum atomic E-state index is 0.214. The highest BCUT2D eigenvalue weighted by Gasteiger charge is 2.37. The van der Waals surface area contributed by atoms with E-state index in [9.17, 15) is 0 Å². The van der Waals surface area contributed by atoms with Crippen LogP contribution in [0, 0.1) is 13.8 Å². The van der Waals surface area contributed by atoms with E-state index in [0.29, 0.717) is 6.04 Å². The summed E-state index contributed by atoms with van der Waals surface area (Å²) in [5, 5.41) is 3.76. The van der Waals surface area contributed by atoms with E-state index in [1.165, 1.54) is 29.5 Å². The SMILES string of the molecule is CCNC(Cc1cc(C)ccc1C)C(CC)(CC)N(C)C. The Bertz CT molecular complexity index is 433. The summed E-state index contributed by atoms with van der Waals surface area (Å²) in [7, 11) is 4.45. The van der Waals surface area contributed by atoms with Crippen molar-refractivity contribution in [2.75, 3.05) is 20.6 Å². The lowest BCUT2D eigenvalue weighted by Crippen LogP contribution is -2.59.